The highest BCUT2D eigenvalue weighted by atomic mass is 32.1. The van der Waals surface area contributed by atoms with Gasteiger partial charge in [0.1, 0.15) is 18.2 Å². The van der Waals surface area contributed by atoms with E-state index in [4.69, 9.17) is 9.78 Å². The summed E-state index contributed by atoms with van der Waals surface area (Å²) in [5.74, 6) is -3.31. The molecule has 3 aromatic rings. The van der Waals surface area contributed by atoms with Crippen molar-refractivity contribution in [3.63, 3.8) is 0 Å². The third kappa shape index (κ3) is 5.82. The Hall–Kier alpha value is -2.78. The van der Waals surface area contributed by atoms with Gasteiger partial charge >= 0.3 is 0 Å². The Balaban J connectivity index is 0.00000158. The number of pyridine rings is 1. The predicted molar refractivity (Wildman–Crippen MR) is 130 cm³/mol. The zero-order valence-electron chi connectivity index (χ0n) is 19.5. The molecule has 1 saturated carbocycles. The lowest BCUT2D eigenvalue weighted by Gasteiger charge is -2.22. The van der Waals surface area contributed by atoms with Gasteiger partial charge in [-0.1, -0.05) is 25.3 Å². The van der Waals surface area contributed by atoms with E-state index >= 15 is 0 Å². The third-order valence-corrected chi connectivity index (χ3v) is 7.02. The van der Waals surface area contributed by atoms with Crippen LogP contribution in [0.1, 0.15) is 85.5 Å². The van der Waals surface area contributed by atoms with Crippen LogP contribution in [0.4, 0.5) is 14.5 Å². The van der Waals surface area contributed by atoms with Crippen LogP contribution in [0.5, 0.6) is 0 Å². The second kappa shape index (κ2) is 10.2. The number of halogens is 2. The number of hydrogen-bond acceptors (Lipinski definition) is 6. The van der Waals surface area contributed by atoms with Crippen LogP contribution in [0.3, 0.4) is 0 Å². The lowest BCUT2D eigenvalue weighted by molar-refractivity contribution is -0.0980. The maximum absolute atomic E-state index is 13.6. The number of benzene rings is 1. The first-order valence-electron chi connectivity index (χ1n) is 11.2. The van der Waals surface area contributed by atoms with Crippen molar-refractivity contribution in [1.29, 1.82) is 0 Å². The van der Waals surface area contributed by atoms with Crippen LogP contribution in [-0.4, -0.2) is 27.8 Å². The fraction of sp³-hybridized carbons (Fsp3) is 0.440. The normalized spacial score (nSPS) is 15.0. The molecule has 1 aromatic carbocycles. The highest BCUT2D eigenvalue weighted by molar-refractivity contribution is 7.18. The molecule has 2 aromatic heterocycles. The van der Waals surface area contributed by atoms with E-state index in [0.717, 1.165) is 35.0 Å². The molecule has 0 radical (unpaired) electrons. The average molecular weight is 490 g/mol. The number of thiazole rings is 1. The van der Waals surface area contributed by atoms with E-state index in [1.165, 1.54) is 37.5 Å². The largest absolute Gasteiger partial charge is 0.386 e. The smallest absolute Gasteiger partial charge is 0.287 e. The van der Waals surface area contributed by atoms with Crippen molar-refractivity contribution in [2.75, 3.05) is 5.32 Å². The highest BCUT2D eigenvalue weighted by Crippen LogP contribution is 2.40. The summed E-state index contributed by atoms with van der Waals surface area (Å²) >= 11 is 1.61. The van der Waals surface area contributed by atoms with E-state index in [2.05, 4.69) is 10.3 Å². The number of nitrogens with one attached hydrogen (secondary N) is 1. The number of fused-ring (bicyclic) bond motifs is 1. The minimum atomic E-state index is -3.15. The molecule has 6 nitrogen and oxygen atoms in total. The van der Waals surface area contributed by atoms with Crippen molar-refractivity contribution in [1.82, 2.24) is 9.97 Å². The predicted octanol–water partition coefficient (Wildman–Crippen LogP) is 6.15. The first kappa shape index (κ1) is 25.8. The molecule has 182 valence electrons. The number of rotatable bonds is 5. The van der Waals surface area contributed by atoms with Crippen molar-refractivity contribution in [2.24, 2.45) is 0 Å². The molecule has 9 heteroatoms. The number of aliphatic hydroxyl groups is 1. The number of hydrogen-bond donors (Lipinski definition) is 2. The summed E-state index contributed by atoms with van der Waals surface area (Å²) in [5, 5.41) is 14.6. The summed E-state index contributed by atoms with van der Waals surface area (Å²) in [5.41, 5.74) is -0.102. The van der Waals surface area contributed by atoms with Crippen molar-refractivity contribution in [3.05, 3.63) is 52.3 Å². The van der Waals surface area contributed by atoms with Crippen molar-refractivity contribution in [3.8, 4) is 0 Å². The lowest BCUT2D eigenvalue weighted by atomic mass is 9.90. The second-order valence-corrected chi connectivity index (χ2v) is 10.1. The zero-order valence-corrected chi connectivity index (χ0v) is 20.3. The Morgan fingerprint density at radius 3 is 2.41 bits per heavy atom. The van der Waals surface area contributed by atoms with Gasteiger partial charge in [0, 0.05) is 24.1 Å². The fourth-order valence-electron chi connectivity index (χ4n) is 4.12. The first-order chi connectivity index (χ1) is 16.0. The molecule has 0 spiro atoms. The minimum absolute atomic E-state index is 0.113. The van der Waals surface area contributed by atoms with Gasteiger partial charge in [0.15, 0.2) is 0 Å². The van der Waals surface area contributed by atoms with Gasteiger partial charge in [-0.15, -0.1) is 11.3 Å². The Labute approximate surface area is 201 Å². The maximum Gasteiger partial charge on any atom is 0.287 e. The van der Waals surface area contributed by atoms with Gasteiger partial charge in [0.05, 0.1) is 20.8 Å². The van der Waals surface area contributed by atoms with Gasteiger partial charge in [-0.25, -0.2) is 9.97 Å². The Morgan fingerprint density at radius 2 is 1.79 bits per heavy atom. The molecular weight excluding hydrogens is 460 g/mol. The molecule has 2 N–H and O–H groups in total. The van der Waals surface area contributed by atoms with E-state index in [9.17, 15) is 18.7 Å². The van der Waals surface area contributed by atoms with Gasteiger partial charge in [0.25, 0.3) is 11.8 Å². The number of anilines is 1. The van der Waals surface area contributed by atoms with Crippen molar-refractivity contribution >= 4 is 39.9 Å². The molecule has 34 heavy (non-hydrogen) atoms. The van der Waals surface area contributed by atoms with Crippen LogP contribution >= 0.6 is 11.3 Å². The molecule has 1 fully saturated rings. The standard InChI is InChI=1S/C24H27F2N3O2S.CH2O/c1-23(2,31)15-12-18-19(32-22(29-18)14-8-5-4-6-9-14)13-17(15)28-21(30)16-10-7-11-20(27-16)24(3,25)26;1-2/h7,10-14,31H,4-6,8-9H2,1-3H3,(H,28,30);1H2. The van der Waals surface area contributed by atoms with E-state index in [1.54, 1.807) is 31.3 Å². The first-order valence-corrected chi connectivity index (χ1v) is 12.0. The Morgan fingerprint density at radius 1 is 1.12 bits per heavy atom. The molecular formula is C25H29F2N3O3S. The van der Waals surface area contributed by atoms with Crippen LogP contribution < -0.4 is 5.32 Å². The summed E-state index contributed by atoms with van der Waals surface area (Å²) in [4.78, 5) is 29.5. The number of amides is 1. The Kier molecular flexibility index (Phi) is 7.77. The molecule has 2 heterocycles. The highest BCUT2D eigenvalue weighted by Gasteiger charge is 2.28. The monoisotopic (exact) mass is 489 g/mol. The van der Waals surface area contributed by atoms with Crippen LogP contribution in [0, 0.1) is 0 Å². The molecule has 1 aliphatic rings. The number of carbonyl (C=O) groups is 2. The van der Waals surface area contributed by atoms with Gasteiger partial charge < -0.3 is 15.2 Å². The minimum Gasteiger partial charge on any atom is -0.386 e. The lowest BCUT2D eigenvalue weighted by Crippen LogP contribution is -2.22. The van der Waals surface area contributed by atoms with Crippen LogP contribution in [-0.2, 0) is 16.3 Å². The number of nitrogens with zero attached hydrogens (tertiary/aromatic N) is 2. The summed E-state index contributed by atoms with van der Waals surface area (Å²) in [6.45, 7) is 6.01. The molecule has 1 aliphatic carbocycles. The van der Waals surface area contributed by atoms with E-state index < -0.39 is 23.1 Å². The van der Waals surface area contributed by atoms with Gasteiger partial charge in [0.2, 0.25) is 0 Å². The summed E-state index contributed by atoms with van der Waals surface area (Å²) in [6.07, 6.45) is 5.94. The molecule has 0 bridgehead atoms. The number of aromatic nitrogens is 2. The molecule has 1 amide bonds. The van der Waals surface area contributed by atoms with Crippen LogP contribution in [0.2, 0.25) is 0 Å². The van der Waals surface area contributed by atoms with E-state index in [0.29, 0.717) is 17.2 Å². The molecule has 0 atom stereocenters. The molecule has 0 unspecified atom stereocenters. The van der Waals surface area contributed by atoms with Gasteiger partial charge in [-0.05, 0) is 51.0 Å². The number of alkyl halides is 2. The topological polar surface area (TPSA) is 92.2 Å². The SMILES string of the molecule is C=O.CC(C)(O)c1cc2nc(C3CCCCC3)sc2cc1NC(=O)c1cccc(C(C)(F)F)n1. The van der Waals surface area contributed by atoms with E-state index in [1.807, 2.05) is 12.9 Å². The third-order valence-electron chi connectivity index (χ3n) is 5.84. The number of carbonyl (C=O) groups excluding carboxylic acids is 2. The van der Waals surface area contributed by atoms with Crippen LogP contribution in [0.15, 0.2) is 30.3 Å². The zero-order chi connectivity index (χ0) is 25.1. The molecule has 0 saturated heterocycles. The molecule has 4 rings (SSSR count). The fourth-order valence-corrected chi connectivity index (χ4v) is 5.28. The quantitative estimate of drug-likeness (QED) is 0.449. The maximum atomic E-state index is 13.6. The second-order valence-electron chi connectivity index (χ2n) is 9.06. The van der Waals surface area contributed by atoms with Crippen molar-refractivity contribution in [2.45, 2.75) is 70.3 Å². The van der Waals surface area contributed by atoms with Gasteiger partial charge in [-0.3, -0.25) is 4.79 Å². The Bertz CT molecular complexity index is 1160. The average Bonchev–Trinajstić information content (AvgIpc) is 3.22. The van der Waals surface area contributed by atoms with Crippen molar-refractivity contribution < 1.29 is 23.5 Å². The molecule has 0 aliphatic heterocycles. The summed E-state index contributed by atoms with van der Waals surface area (Å²) in [7, 11) is 0. The summed E-state index contributed by atoms with van der Waals surface area (Å²) < 4.78 is 28.2. The van der Waals surface area contributed by atoms with Gasteiger partial charge in [-0.2, -0.15) is 8.78 Å². The van der Waals surface area contributed by atoms with Crippen LogP contribution in [0.25, 0.3) is 10.2 Å². The van der Waals surface area contributed by atoms with E-state index in [-0.39, 0.29) is 5.69 Å². The summed E-state index contributed by atoms with van der Waals surface area (Å²) in [6, 6.07) is 7.57.